The Bertz CT molecular complexity index is 638. The molecule has 0 saturated heterocycles. The van der Waals surface area contributed by atoms with Crippen LogP contribution in [0.4, 0.5) is 5.13 Å². The summed E-state index contributed by atoms with van der Waals surface area (Å²) < 4.78 is 6.10. The van der Waals surface area contributed by atoms with Gasteiger partial charge in [-0.05, 0) is 31.9 Å². The van der Waals surface area contributed by atoms with E-state index in [-0.39, 0.29) is 11.9 Å². The Labute approximate surface area is 149 Å². The van der Waals surface area contributed by atoms with E-state index >= 15 is 0 Å². The molecule has 0 aliphatic heterocycles. The maximum absolute atomic E-state index is 12.0. The van der Waals surface area contributed by atoms with Crippen LogP contribution in [0.2, 0.25) is 0 Å². The van der Waals surface area contributed by atoms with Crippen LogP contribution in [0, 0.1) is 0 Å². The van der Waals surface area contributed by atoms with Gasteiger partial charge in [-0.2, -0.15) is 0 Å². The molecule has 0 spiro atoms. The summed E-state index contributed by atoms with van der Waals surface area (Å²) in [5, 5.41) is 15.6. The first-order valence-corrected chi connectivity index (χ1v) is 10.1. The molecular weight excluding hydrogens is 344 g/mol. The smallest absolute Gasteiger partial charge is 0.231 e. The van der Waals surface area contributed by atoms with Gasteiger partial charge in [0, 0.05) is 6.04 Å². The normalized spacial score (nSPS) is 16.7. The van der Waals surface area contributed by atoms with E-state index in [0.717, 1.165) is 15.2 Å². The van der Waals surface area contributed by atoms with E-state index in [4.69, 9.17) is 4.42 Å². The van der Waals surface area contributed by atoms with Crippen molar-refractivity contribution in [1.29, 1.82) is 0 Å². The van der Waals surface area contributed by atoms with Crippen LogP contribution in [-0.4, -0.2) is 27.9 Å². The number of anilines is 1. The van der Waals surface area contributed by atoms with E-state index in [9.17, 15) is 4.79 Å². The number of nitrogens with one attached hydrogen (secondary N) is 2. The summed E-state index contributed by atoms with van der Waals surface area (Å²) in [5.74, 6) is 1.03. The number of nitrogens with zero attached hydrogens (tertiary/aromatic N) is 2. The Balaban J connectivity index is 1.42. The molecule has 3 rings (SSSR count). The van der Waals surface area contributed by atoms with Crippen LogP contribution in [0.3, 0.4) is 0 Å². The largest absolute Gasteiger partial charge is 0.467 e. The van der Waals surface area contributed by atoms with Gasteiger partial charge in [-0.25, -0.2) is 0 Å². The number of furan rings is 1. The number of amides is 1. The van der Waals surface area contributed by atoms with Gasteiger partial charge in [0.15, 0.2) is 4.34 Å². The summed E-state index contributed by atoms with van der Waals surface area (Å²) >= 11 is 2.93. The van der Waals surface area contributed by atoms with Crippen molar-refractivity contribution in [2.75, 3.05) is 11.1 Å². The molecule has 1 aliphatic carbocycles. The predicted octanol–water partition coefficient (Wildman–Crippen LogP) is 3.85. The molecule has 2 aromatic rings. The first kappa shape index (κ1) is 17.3. The number of carbonyl (C=O) groups excluding carboxylic acids is 1. The van der Waals surface area contributed by atoms with Crippen molar-refractivity contribution in [3.05, 3.63) is 24.2 Å². The summed E-state index contributed by atoms with van der Waals surface area (Å²) in [5.41, 5.74) is 0. The maximum Gasteiger partial charge on any atom is 0.231 e. The molecule has 0 bridgehead atoms. The highest BCUT2D eigenvalue weighted by molar-refractivity contribution is 8.01. The van der Waals surface area contributed by atoms with Crippen LogP contribution in [0.15, 0.2) is 27.2 Å². The third-order valence-electron chi connectivity index (χ3n) is 4.01. The standard InChI is InChI=1S/C16H22N4O2S2/c1-11(13-8-5-9-22-13)17-14(21)10-23-16-20-19-15(24-16)18-12-6-3-2-4-7-12/h5,8-9,11-12H,2-4,6-7,10H2,1H3,(H,17,21)(H,18,19). The highest BCUT2D eigenvalue weighted by Crippen LogP contribution is 2.28. The molecule has 2 aromatic heterocycles. The minimum Gasteiger partial charge on any atom is -0.467 e. The van der Waals surface area contributed by atoms with Crippen molar-refractivity contribution in [2.45, 2.75) is 55.5 Å². The van der Waals surface area contributed by atoms with Crippen molar-refractivity contribution in [1.82, 2.24) is 15.5 Å². The minimum atomic E-state index is -0.133. The molecule has 2 heterocycles. The Hall–Kier alpha value is -1.54. The van der Waals surface area contributed by atoms with E-state index in [2.05, 4.69) is 20.8 Å². The van der Waals surface area contributed by atoms with Crippen LogP contribution in [-0.2, 0) is 4.79 Å². The highest BCUT2D eigenvalue weighted by Gasteiger charge is 2.16. The van der Waals surface area contributed by atoms with Crippen LogP contribution >= 0.6 is 23.1 Å². The minimum absolute atomic E-state index is 0.0408. The van der Waals surface area contributed by atoms with E-state index in [1.807, 2.05) is 19.1 Å². The van der Waals surface area contributed by atoms with Gasteiger partial charge in [0.05, 0.1) is 18.1 Å². The molecule has 24 heavy (non-hydrogen) atoms. The van der Waals surface area contributed by atoms with Crippen molar-refractivity contribution in [3.63, 3.8) is 0 Å². The summed E-state index contributed by atoms with van der Waals surface area (Å²) in [4.78, 5) is 12.0. The zero-order chi connectivity index (χ0) is 16.8. The van der Waals surface area contributed by atoms with E-state index in [1.54, 1.807) is 6.26 Å². The Morgan fingerprint density at radius 2 is 2.25 bits per heavy atom. The lowest BCUT2D eigenvalue weighted by atomic mass is 9.96. The summed E-state index contributed by atoms with van der Waals surface area (Å²) in [6.45, 7) is 1.90. The van der Waals surface area contributed by atoms with Gasteiger partial charge >= 0.3 is 0 Å². The van der Waals surface area contributed by atoms with Crippen molar-refractivity contribution in [2.24, 2.45) is 0 Å². The lowest BCUT2D eigenvalue weighted by Gasteiger charge is -2.21. The lowest BCUT2D eigenvalue weighted by Crippen LogP contribution is -2.27. The van der Waals surface area contributed by atoms with Gasteiger partial charge in [0.1, 0.15) is 5.76 Å². The highest BCUT2D eigenvalue weighted by atomic mass is 32.2. The van der Waals surface area contributed by atoms with E-state index < -0.39 is 0 Å². The van der Waals surface area contributed by atoms with E-state index in [0.29, 0.717) is 11.8 Å². The first-order chi connectivity index (χ1) is 11.7. The number of carbonyl (C=O) groups is 1. The fourth-order valence-electron chi connectivity index (χ4n) is 2.77. The lowest BCUT2D eigenvalue weighted by molar-refractivity contribution is -0.119. The summed E-state index contributed by atoms with van der Waals surface area (Å²) in [6.07, 6.45) is 7.91. The van der Waals surface area contributed by atoms with Crippen molar-refractivity contribution >= 4 is 34.1 Å². The molecule has 2 N–H and O–H groups in total. The van der Waals surface area contributed by atoms with Gasteiger partial charge < -0.3 is 15.1 Å². The molecule has 1 fully saturated rings. The molecule has 1 aliphatic rings. The van der Waals surface area contributed by atoms with Crippen molar-refractivity contribution in [3.8, 4) is 0 Å². The topological polar surface area (TPSA) is 80.0 Å². The summed E-state index contributed by atoms with van der Waals surface area (Å²) in [7, 11) is 0. The average Bonchev–Trinajstić information content (AvgIpc) is 3.26. The number of aromatic nitrogens is 2. The SMILES string of the molecule is CC(NC(=O)CSc1nnc(NC2CCCCC2)s1)c1ccco1. The van der Waals surface area contributed by atoms with Gasteiger partial charge in [-0.15, -0.1) is 10.2 Å². The maximum atomic E-state index is 12.0. The third kappa shape index (κ3) is 4.98. The van der Waals surface area contributed by atoms with Crippen LogP contribution in [0.1, 0.15) is 50.8 Å². The van der Waals surface area contributed by atoms with Crippen LogP contribution in [0.5, 0.6) is 0 Å². The Morgan fingerprint density at radius 3 is 3.00 bits per heavy atom. The molecule has 130 valence electrons. The van der Waals surface area contributed by atoms with Gasteiger partial charge in [0.25, 0.3) is 0 Å². The molecule has 1 saturated carbocycles. The predicted molar refractivity (Wildman–Crippen MR) is 96.4 cm³/mol. The third-order valence-corrected chi connectivity index (χ3v) is 6.00. The fraction of sp³-hybridized carbons (Fsp3) is 0.562. The second-order valence-electron chi connectivity index (χ2n) is 5.95. The van der Waals surface area contributed by atoms with E-state index in [1.165, 1.54) is 55.2 Å². The van der Waals surface area contributed by atoms with Crippen molar-refractivity contribution < 1.29 is 9.21 Å². The van der Waals surface area contributed by atoms with Crippen LogP contribution in [0.25, 0.3) is 0 Å². The number of hydrogen-bond donors (Lipinski definition) is 2. The molecule has 8 heteroatoms. The molecule has 1 atom stereocenters. The molecule has 0 radical (unpaired) electrons. The van der Waals surface area contributed by atoms with Gasteiger partial charge in [-0.1, -0.05) is 42.4 Å². The molecular formula is C16H22N4O2S2. The van der Waals surface area contributed by atoms with Gasteiger partial charge in [-0.3, -0.25) is 4.79 Å². The molecule has 6 nitrogen and oxygen atoms in total. The first-order valence-electron chi connectivity index (χ1n) is 8.26. The second kappa shape index (κ2) is 8.53. The average molecular weight is 367 g/mol. The van der Waals surface area contributed by atoms with Gasteiger partial charge in [0.2, 0.25) is 11.0 Å². The number of thioether (sulfide) groups is 1. The number of rotatable bonds is 7. The second-order valence-corrected chi connectivity index (χ2v) is 8.15. The zero-order valence-electron chi connectivity index (χ0n) is 13.7. The quantitative estimate of drug-likeness (QED) is 0.725. The number of hydrogen-bond acceptors (Lipinski definition) is 7. The molecule has 1 amide bonds. The zero-order valence-corrected chi connectivity index (χ0v) is 15.3. The Kier molecular flexibility index (Phi) is 6.14. The Morgan fingerprint density at radius 1 is 1.42 bits per heavy atom. The molecule has 1 unspecified atom stereocenters. The monoisotopic (exact) mass is 366 g/mol. The molecule has 0 aromatic carbocycles. The summed E-state index contributed by atoms with van der Waals surface area (Å²) in [6, 6.07) is 4.05. The fourth-order valence-corrected chi connectivity index (χ4v) is 4.41. The van der Waals surface area contributed by atoms with Crippen LogP contribution < -0.4 is 10.6 Å².